The Morgan fingerprint density at radius 2 is 1.87 bits per heavy atom. The Hall–Kier alpha value is -3.40. The molecule has 0 unspecified atom stereocenters. The number of nitrogens with one attached hydrogen (secondary N) is 2. The van der Waals surface area contributed by atoms with Gasteiger partial charge in [-0.3, -0.25) is 9.59 Å². The highest BCUT2D eigenvalue weighted by atomic mass is 79.9. The van der Waals surface area contributed by atoms with Gasteiger partial charge in [0, 0.05) is 10.0 Å². The third-order valence-electron chi connectivity index (χ3n) is 4.22. The summed E-state index contributed by atoms with van der Waals surface area (Å²) in [6.07, 6.45) is 1.42. The van der Waals surface area contributed by atoms with Crippen LogP contribution in [0.15, 0.2) is 51.9 Å². The van der Waals surface area contributed by atoms with Crippen molar-refractivity contribution >= 4 is 45.4 Å². The van der Waals surface area contributed by atoms with E-state index in [0.717, 1.165) is 22.0 Å². The molecule has 2 aromatic rings. The molecule has 9 nitrogen and oxygen atoms in total. The molecule has 10 heteroatoms. The summed E-state index contributed by atoms with van der Waals surface area (Å²) in [6, 6.07) is 12.1. The second-order valence-corrected chi connectivity index (χ2v) is 7.35. The molecule has 0 aliphatic rings. The number of carbonyl (C=O) groups excluding carboxylic acids is 3. The standard InChI is InChI=1S/C21H24BrN5O4/c1-2-16-13(5-4-8-17(16)22)9-10-19(29)31-27-18(28)12-25-20(30)14-6-3-7-15(11-14)26-21(23)24/h3-8,11H,2,9-10,12H2,1H3,(H,25,30)(H,27,28)(H4,23,24,26). The molecule has 2 amide bonds. The Morgan fingerprint density at radius 1 is 1.13 bits per heavy atom. The number of aliphatic imine (C=N–C) groups is 1. The van der Waals surface area contributed by atoms with Crippen molar-refractivity contribution in [3.8, 4) is 0 Å². The molecule has 164 valence electrons. The van der Waals surface area contributed by atoms with Gasteiger partial charge in [-0.1, -0.05) is 41.1 Å². The largest absolute Gasteiger partial charge is 0.370 e. The lowest BCUT2D eigenvalue weighted by atomic mass is 10.0. The Morgan fingerprint density at radius 3 is 2.58 bits per heavy atom. The quantitative estimate of drug-likeness (QED) is 0.252. The number of aryl methyl sites for hydroxylation is 1. The van der Waals surface area contributed by atoms with Crippen molar-refractivity contribution in [1.29, 1.82) is 0 Å². The summed E-state index contributed by atoms with van der Waals surface area (Å²) in [5.41, 5.74) is 15.5. The maximum Gasteiger partial charge on any atom is 0.332 e. The van der Waals surface area contributed by atoms with E-state index < -0.39 is 17.8 Å². The van der Waals surface area contributed by atoms with Crippen LogP contribution in [-0.2, 0) is 27.3 Å². The van der Waals surface area contributed by atoms with Gasteiger partial charge in [-0.05, 0) is 48.2 Å². The van der Waals surface area contributed by atoms with Crippen molar-refractivity contribution in [1.82, 2.24) is 10.8 Å². The summed E-state index contributed by atoms with van der Waals surface area (Å²) < 4.78 is 0.994. The van der Waals surface area contributed by atoms with E-state index in [-0.39, 0.29) is 24.5 Å². The molecule has 2 rings (SSSR count). The molecular weight excluding hydrogens is 466 g/mol. The van der Waals surface area contributed by atoms with E-state index in [1.807, 2.05) is 30.6 Å². The summed E-state index contributed by atoms with van der Waals surface area (Å²) in [6.45, 7) is 1.66. The fourth-order valence-electron chi connectivity index (χ4n) is 2.80. The molecule has 0 bridgehead atoms. The molecule has 0 saturated heterocycles. The highest BCUT2D eigenvalue weighted by Gasteiger charge is 2.12. The molecule has 0 radical (unpaired) electrons. The van der Waals surface area contributed by atoms with Gasteiger partial charge >= 0.3 is 5.97 Å². The summed E-state index contributed by atoms with van der Waals surface area (Å²) in [7, 11) is 0. The van der Waals surface area contributed by atoms with Crippen LogP contribution in [-0.4, -0.2) is 30.3 Å². The molecule has 6 N–H and O–H groups in total. The number of guanidine groups is 1. The number of hydroxylamine groups is 1. The molecule has 0 spiro atoms. The first-order chi connectivity index (χ1) is 14.8. The Kier molecular flexibility index (Phi) is 9.01. The second-order valence-electron chi connectivity index (χ2n) is 6.50. The summed E-state index contributed by atoms with van der Waals surface area (Å²) in [5, 5.41) is 2.42. The normalized spacial score (nSPS) is 10.1. The molecule has 31 heavy (non-hydrogen) atoms. The third-order valence-corrected chi connectivity index (χ3v) is 4.97. The zero-order valence-corrected chi connectivity index (χ0v) is 18.6. The van der Waals surface area contributed by atoms with Gasteiger partial charge < -0.3 is 21.6 Å². The van der Waals surface area contributed by atoms with Crippen LogP contribution in [0.4, 0.5) is 5.69 Å². The molecule has 0 atom stereocenters. The second kappa shape index (κ2) is 11.7. The van der Waals surface area contributed by atoms with E-state index >= 15 is 0 Å². The predicted octanol–water partition coefficient (Wildman–Crippen LogP) is 1.85. The molecule has 0 aliphatic carbocycles. The summed E-state index contributed by atoms with van der Waals surface area (Å²) in [5.74, 6) is -1.88. The minimum absolute atomic E-state index is 0.105. The lowest BCUT2D eigenvalue weighted by Crippen LogP contribution is -2.38. The number of hydrogen-bond acceptors (Lipinski definition) is 5. The molecule has 0 heterocycles. The number of hydrogen-bond donors (Lipinski definition) is 4. The number of rotatable bonds is 8. The SMILES string of the molecule is CCc1c(Br)cccc1CCC(=O)ONC(=O)CNC(=O)c1cccc(N=C(N)N)c1. The van der Waals surface area contributed by atoms with Crippen LogP contribution in [0, 0.1) is 0 Å². The summed E-state index contributed by atoms with van der Waals surface area (Å²) in [4.78, 5) is 44.6. The minimum atomic E-state index is -0.668. The van der Waals surface area contributed by atoms with Gasteiger partial charge in [0.1, 0.15) is 0 Å². The fraction of sp³-hybridized carbons (Fsp3) is 0.238. The maximum atomic E-state index is 12.2. The van der Waals surface area contributed by atoms with Crippen LogP contribution >= 0.6 is 15.9 Å². The van der Waals surface area contributed by atoms with Crippen molar-refractivity contribution in [2.75, 3.05) is 6.54 Å². The number of halogens is 1. The van der Waals surface area contributed by atoms with Gasteiger partial charge in [0.15, 0.2) is 5.96 Å². The Bertz CT molecular complexity index is 989. The molecule has 0 aliphatic heterocycles. The number of benzene rings is 2. The topological polar surface area (TPSA) is 149 Å². The zero-order chi connectivity index (χ0) is 22.8. The van der Waals surface area contributed by atoms with E-state index in [2.05, 4.69) is 26.2 Å². The van der Waals surface area contributed by atoms with Crippen molar-refractivity contribution in [3.63, 3.8) is 0 Å². The number of nitrogens with two attached hydrogens (primary N) is 2. The van der Waals surface area contributed by atoms with Gasteiger partial charge in [0.2, 0.25) is 0 Å². The van der Waals surface area contributed by atoms with E-state index in [1.54, 1.807) is 18.2 Å². The van der Waals surface area contributed by atoms with Crippen molar-refractivity contribution in [3.05, 3.63) is 63.6 Å². The molecular formula is C21H24BrN5O4. The monoisotopic (exact) mass is 489 g/mol. The smallest absolute Gasteiger partial charge is 0.332 e. The maximum absolute atomic E-state index is 12.2. The van der Waals surface area contributed by atoms with Crippen LogP contribution in [0.25, 0.3) is 0 Å². The van der Waals surface area contributed by atoms with Crippen molar-refractivity contribution in [2.24, 2.45) is 16.5 Å². The third kappa shape index (κ3) is 7.74. The number of amides is 2. The lowest BCUT2D eigenvalue weighted by Gasteiger charge is -2.10. The lowest BCUT2D eigenvalue weighted by molar-refractivity contribution is -0.157. The van der Waals surface area contributed by atoms with Crippen molar-refractivity contribution < 1.29 is 19.2 Å². The highest BCUT2D eigenvalue weighted by Crippen LogP contribution is 2.22. The molecule has 0 saturated carbocycles. The predicted molar refractivity (Wildman–Crippen MR) is 120 cm³/mol. The number of nitrogens with zero attached hydrogens (tertiary/aromatic N) is 1. The van der Waals surface area contributed by atoms with E-state index in [4.69, 9.17) is 16.3 Å². The van der Waals surface area contributed by atoms with Crippen LogP contribution in [0.3, 0.4) is 0 Å². The van der Waals surface area contributed by atoms with E-state index in [0.29, 0.717) is 12.1 Å². The van der Waals surface area contributed by atoms with E-state index in [1.165, 1.54) is 6.07 Å². The van der Waals surface area contributed by atoms with Crippen LogP contribution in [0.1, 0.15) is 34.8 Å². The van der Waals surface area contributed by atoms with Crippen LogP contribution in [0.5, 0.6) is 0 Å². The Labute approximate surface area is 188 Å². The van der Waals surface area contributed by atoms with Gasteiger partial charge in [-0.25, -0.2) is 9.79 Å². The fourth-order valence-corrected chi connectivity index (χ4v) is 3.49. The van der Waals surface area contributed by atoms with Gasteiger partial charge in [0.25, 0.3) is 11.8 Å². The average Bonchev–Trinajstić information content (AvgIpc) is 2.74. The minimum Gasteiger partial charge on any atom is -0.370 e. The van der Waals surface area contributed by atoms with Gasteiger partial charge in [0.05, 0.1) is 18.7 Å². The van der Waals surface area contributed by atoms with E-state index in [9.17, 15) is 14.4 Å². The molecule has 0 fully saturated rings. The molecule has 2 aromatic carbocycles. The first-order valence-corrected chi connectivity index (χ1v) is 10.3. The van der Waals surface area contributed by atoms with Crippen LogP contribution in [0.2, 0.25) is 0 Å². The zero-order valence-electron chi connectivity index (χ0n) is 17.0. The van der Waals surface area contributed by atoms with Crippen molar-refractivity contribution in [2.45, 2.75) is 26.2 Å². The van der Waals surface area contributed by atoms with Crippen LogP contribution < -0.4 is 22.3 Å². The highest BCUT2D eigenvalue weighted by molar-refractivity contribution is 9.10. The first kappa shape index (κ1) is 23.9. The molecule has 0 aromatic heterocycles. The average molecular weight is 490 g/mol. The van der Waals surface area contributed by atoms with Gasteiger partial charge in [-0.15, -0.1) is 0 Å². The first-order valence-electron chi connectivity index (χ1n) is 9.52. The summed E-state index contributed by atoms with van der Waals surface area (Å²) >= 11 is 3.50. The number of carbonyl (C=O) groups is 3. The Balaban J connectivity index is 1.77. The van der Waals surface area contributed by atoms with Gasteiger partial charge in [-0.2, -0.15) is 5.48 Å².